The second-order valence-electron chi connectivity index (χ2n) is 7.15. The molecule has 4 aromatic rings. The lowest BCUT2D eigenvalue weighted by Gasteiger charge is -2.14. The fraction of sp³-hybridized carbons (Fsp3) is 0.125. The standard InChI is InChI=1S/C24H19ClFN3O5S/c1-31-19-8-12(9-20(32-2)21(19)33-3)22(30)29-24(35)27-14-5-7-18-17(11-14)28-23(34-18)15-6-4-13(26)10-16(15)25/h4-11H,1-3H3,(H2,27,29,30,35). The van der Waals surface area contributed by atoms with Crippen molar-refractivity contribution in [3.05, 3.63) is 64.9 Å². The van der Waals surface area contributed by atoms with Gasteiger partial charge in [0.15, 0.2) is 22.2 Å². The van der Waals surface area contributed by atoms with Gasteiger partial charge in [-0.2, -0.15) is 0 Å². The third kappa shape index (κ3) is 5.13. The number of methoxy groups -OCH3 is 3. The summed E-state index contributed by atoms with van der Waals surface area (Å²) < 4.78 is 34.9. The normalized spacial score (nSPS) is 10.7. The smallest absolute Gasteiger partial charge is 0.257 e. The highest BCUT2D eigenvalue weighted by atomic mass is 35.5. The van der Waals surface area contributed by atoms with Crippen LogP contribution >= 0.6 is 23.8 Å². The summed E-state index contributed by atoms with van der Waals surface area (Å²) in [7, 11) is 4.39. The van der Waals surface area contributed by atoms with E-state index < -0.39 is 11.7 Å². The summed E-state index contributed by atoms with van der Waals surface area (Å²) in [6.45, 7) is 0. The SMILES string of the molecule is COc1cc(C(=O)NC(=S)Nc2ccc3oc(-c4ccc(F)cc4Cl)nc3c2)cc(OC)c1OC. The van der Waals surface area contributed by atoms with Crippen LogP contribution in [0.15, 0.2) is 52.9 Å². The number of amides is 1. The van der Waals surface area contributed by atoms with E-state index in [1.807, 2.05) is 0 Å². The zero-order chi connectivity index (χ0) is 25.1. The first-order valence-corrected chi connectivity index (χ1v) is 10.9. The molecule has 0 aliphatic carbocycles. The average molecular weight is 516 g/mol. The number of fused-ring (bicyclic) bond motifs is 1. The Bertz CT molecular complexity index is 1420. The molecule has 0 unspecified atom stereocenters. The zero-order valence-corrected chi connectivity index (χ0v) is 20.3. The number of anilines is 1. The van der Waals surface area contributed by atoms with Gasteiger partial charge in [0.05, 0.1) is 31.9 Å². The van der Waals surface area contributed by atoms with Crippen molar-refractivity contribution in [2.75, 3.05) is 26.6 Å². The predicted octanol–water partition coefficient (Wildman–Crippen LogP) is 5.44. The molecule has 35 heavy (non-hydrogen) atoms. The number of thiocarbonyl (C=S) groups is 1. The number of aromatic nitrogens is 1. The van der Waals surface area contributed by atoms with Gasteiger partial charge < -0.3 is 23.9 Å². The lowest BCUT2D eigenvalue weighted by atomic mass is 10.1. The van der Waals surface area contributed by atoms with Crippen molar-refractivity contribution in [1.29, 1.82) is 0 Å². The van der Waals surface area contributed by atoms with Crippen LogP contribution in [0.2, 0.25) is 5.02 Å². The molecule has 4 rings (SSSR count). The Morgan fingerprint density at radius 2 is 1.74 bits per heavy atom. The Morgan fingerprint density at radius 1 is 1.03 bits per heavy atom. The maximum absolute atomic E-state index is 13.3. The predicted molar refractivity (Wildman–Crippen MR) is 134 cm³/mol. The van der Waals surface area contributed by atoms with E-state index in [9.17, 15) is 9.18 Å². The van der Waals surface area contributed by atoms with Crippen LogP contribution in [0.1, 0.15) is 10.4 Å². The van der Waals surface area contributed by atoms with Gasteiger partial charge in [0.2, 0.25) is 11.6 Å². The van der Waals surface area contributed by atoms with E-state index in [1.165, 1.54) is 51.7 Å². The molecule has 0 aliphatic heterocycles. The quantitative estimate of drug-likeness (QED) is 0.328. The number of halogens is 2. The Kier molecular flexibility index (Phi) is 7.04. The lowest BCUT2D eigenvalue weighted by Crippen LogP contribution is -2.34. The molecule has 3 aromatic carbocycles. The Balaban J connectivity index is 1.50. The number of benzene rings is 3. The van der Waals surface area contributed by atoms with Gasteiger partial charge in [0, 0.05) is 11.3 Å². The lowest BCUT2D eigenvalue weighted by molar-refractivity contribution is 0.0977. The van der Waals surface area contributed by atoms with E-state index in [-0.39, 0.29) is 21.6 Å². The monoisotopic (exact) mass is 515 g/mol. The Morgan fingerprint density at radius 3 is 2.37 bits per heavy atom. The highest BCUT2D eigenvalue weighted by Crippen LogP contribution is 2.38. The number of oxazole rings is 1. The molecule has 8 nitrogen and oxygen atoms in total. The largest absolute Gasteiger partial charge is 0.493 e. The van der Waals surface area contributed by atoms with Crippen molar-refractivity contribution in [3.8, 4) is 28.7 Å². The first-order chi connectivity index (χ1) is 16.8. The van der Waals surface area contributed by atoms with Gasteiger partial charge in [-0.05, 0) is 60.7 Å². The van der Waals surface area contributed by atoms with Crippen LogP contribution in [-0.4, -0.2) is 37.3 Å². The molecule has 0 atom stereocenters. The Labute approximate surface area is 209 Å². The van der Waals surface area contributed by atoms with Gasteiger partial charge in [-0.25, -0.2) is 9.37 Å². The second kappa shape index (κ2) is 10.2. The van der Waals surface area contributed by atoms with Crippen LogP contribution < -0.4 is 24.8 Å². The third-order valence-corrected chi connectivity index (χ3v) is 5.48. The molecule has 0 saturated heterocycles. The summed E-state index contributed by atoms with van der Waals surface area (Å²) in [5, 5.41) is 5.80. The molecule has 0 aliphatic rings. The number of ether oxygens (including phenoxy) is 3. The van der Waals surface area contributed by atoms with Crippen LogP contribution in [0.3, 0.4) is 0 Å². The maximum Gasteiger partial charge on any atom is 0.257 e. The average Bonchev–Trinajstić information content (AvgIpc) is 3.25. The van der Waals surface area contributed by atoms with Crippen LogP contribution in [0.25, 0.3) is 22.6 Å². The number of hydrogen-bond donors (Lipinski definition) is 2. The van der Waals surface area contributed by atoms with Crippen molar-refractivity contribution in [2.24, 2.45) is 0 Å². The Hall–Kier alpha value is -3.89. The minimum Gasteiger partial charge on any atom is -0.493 e. The molecule has 0 bridgehead atoms. The van der Waals surface area contributed by atoms with Crippen LogP contribution in [0.4, 0.5) is 10.1 Å². The van der Waals surface area contributed by atoms with Gasteiger partial charge in [-0.1, -0.05) is 11.6 Å². The molecule has 1 heterocycles. The summed E-state index contributed by atoms with van der Waals surface area (Å²) in [6, 6.07) is 12.1. The van der Waals surface area contributed by atoms with Crippen LogP contribution in [0.5, 0.6) is 17.2 Å². The molecule has 1 aromatic heterocycles. The zero-order valence-electron chi connectivity index (χ0n) is 18.8. The molecule has 2 N–H and O–H groups in total. The minimum atomic E-state index is -0.475. The van der Waals surface area contributed by atoms with Crippen LogP contribution in [-0.2, 0) is 0 Å². The van der Waals surface area contributed by atoms with E-state index in [2.05, 4.69) is 15.6 Å². The van der Waals surface area contributed by atoms with Crippen molar-refractivity contribution >= 4 is 51.6 Å². The number of carbonyl (C=O) groups excluding carboxylic acids is 1. The molecule has 0 radical (unpaired) electrons. The highest BCUT2D eigenvalue weighted by molar-refractivity contribution is 7.80. The number of nitrogens with zero attached hydrogens (tertiary/aromatic N) is 1. The summed E-state index contributed by atoms with van der Waals surface area (Å²) >= 11 is 11.4. The van der Waals surface area contributed by atoms with Gasteiger partial charge in [0.1, 0.15) is 11.3 Å². The number of rotatable bonds is 6. The fourth-order valence-electron chi connectivity index (χ4n) is 3.33. The van der Waals surface area contributed by atoms with Crippen LogP contribution in [0, 0.1) is 5.82 Å². The maximum atomic E-state index is 13.3. The highest BCUT2D eigenvalue weighted by Gasteiger charge is 2.18. The molecule has 0 spiro atoms. The molecular weight excluding hydrogens is 497 g/mol. The number of hydrogen-bond acceptors (Lipinski definition) is 7. The van der Waals surface area contributed by atoms with Gasteiger partial charge >= 0.3 is 0 Å². The van der Waals surface area contributed by atoms with E-state index in [0.717, 1.165) is 0 Å². The number of nitrogens with one attached hydrogen (secondary N) is 2. The topological polar surface area (TPSA) is 94.9 Å². The molecular formula is C24H19ClFN3O5S. The van der Waals surface area contributed by atoms with Crippen molar-refractivity contribution in [2.45, 2.75) is 0 Å². The third-order valence-electron chi connectivity index (χ3n) is 4.96. The molecule has 1 amide bonds. The molecule has 180 valence electrons. The van der Waals surface area contributed by atoms with Gasteiger partial charge in [-0.15, -0.1) is 0 Å². The van der Waals surface area contributed by atoms with Gasteiger partial charge in [-0.3, -0.25) is 10.1 Å². The molecule has 0 saturated carbocycles. The second-order valence-corrected chi connectivity index (χ2v) is 7.96. The number of carbonyl (C=O) groups is 1. The minimum absolute atomic E-state index is 0.0633. The molecule has 0 fully saturated rings. The van der Waals surface area contributed by atoms with E-state index in [0.29, 0.717) is 39.6 Å². The first kappa shape index (κ1) is 24.2. The van der Waals surface area contributed by atoms with Gasteiger partial charge in [0.25, 0.3) is 5.91 Å². The van der Waals surface area contributed by atoms with E-state index in [4.69, 9.17) is 42.4 Å². The van der Waals surface area contributed by atoms with E-state index >= 15 is 0 Å². The summed E-state index contributed by atoms with van der Waals surface area (Å²) in [6.07, 6.45) is 0. The van der Waals surface area contributed by atoms with Crippen molar-refractivity contribution in [1.82, 2.24) is 10.3 Å². The summed E-state index contributed by atoms with van der Waals surface area (Å²) in [4.78, 5) is 17.2. The van der Waals surface area contributed by atoms with E-state index in [1.54, 1.807) is 18.2 Å². The molecule has 11 heteroatoms. The van der Waals surface area contributed by atoms with Crippen molar-refractivity contribution in [3.63, 3.8) is 0 Å². The summed E-state index contributed by atoms with van der Waals surface area (Å²) in [5.41, 5.74) is 2.31. The van der Waals surface area contributed by atoms with Crippen molar-refractivity contribution < 1.29 is 27.8 Å². The summed E-state index contributed by atoms with van der Waals surface area (Å²) in [5.74, 6) is 0.365. The first-order valence-electron chi connectivity index (χ1n) is 10.1. The fourth-order valence-corrected chi connectivity index (χ4v) is 3.79.